The average Bonchev–Trinajstić information content (AvgIpc) is 2.59. The van der Waals surface area contributed by atoms with Gasteiger partial charge in [-0.05, 0) is 50.7 Å². The third kappa shape index (κ3) is 6.15. The topological polar surface area (TPSA) is 70.2 Å². The van der Waals surface area contributed by atoms with Crippen molar-refractivity contribution in [1.29, 1.82) is 0 Å². The first-order chi connectivity index (χ1) is 12.0. The van der Waals surface area contributed by atoms with Crippen LogP contribution in [-0.2, 0) is 0 Å². The zero-order valence-corrected chi connectivity index (χ0v) is 15.4. The molecule has 0 saturated carbocycles. The molecule has 134 valence electrons. The number of hydrogen-bond acceptors (Lipinski definition) is 5. The number of nitrogens with zero attached hydrogens (tertiary/aromatic N) is 3. The summed E-state index contributed by atoms with van der Waals surface area (Å²) in [7, 11) is 4.09. The van der Waals surface area contributed by atoms with Crippen molar-refractivity contribution in [2.75, 3.05) is 37.8 Å². The molecule has 2 rings (SSSR count). The second kappa shape index (κ2) is 9.13. The molecular formula is C19H27N5O. The van der Waals surface area contributed by atoms with Gasteiger partial charge in [-0.25, -0.2) is 9.97 Å². The lowest BCUT2D eigenvalue weighted by molar-refractivity contribution is 0.102. The fourth-order valence-electron chi connectivity index (χ4n) is 2.29. The van der Waals surface area contributed by atoms with Crippen LogP contribution in [0.25, 0.3) is 0 Å². The fourth-order valence-corrected chi connectivity index (χ4v) is 2.29. The fraction of sp³-hybridized carbons (Fsp3) is 0.421. The van der Waals surface area contributed by atoms with E-state index in [2.05, 4.69) is 39.3 Å². The predicted octanol–water partition coefficient (Wildman–Crippen LogP) is 3.22. The minimum absolute atomic E-state index is 0.260. The molecule has 0 fully saturated rings. The van der Waals surface area contributed by atoms with Crippen LogP contribution in [0.3, 0.4) is 0 Å². The second-order valence-electron chi connectivity index (χ2n) is 6.60. The van der Waals surface area contributed by atoms with Crippen molar-refractivity contribution in [3.63, 3.8) is 0 Å². The molecule has 0 aliphatic rings. The van der Waals surface area contributed by atoms with Crippen LogP contribution in [-0.4, -0.2) is 48.0 Å². The molecule has 1 heterocycles. The Morgan fingerprint density at radius 1 is 1.12 bits per heavy atom. The summed E-state index contributed by atoms with van der Waals surface area (Å²) in [4.78, 5) is 22.8. The number of anilines is 2. The molecular weight excluding hydrogens is 314 g/mol. The molecule has 6 nitrogen and oxygen atoms in total. The highest BCUT2D eigenvalue weighted by Gasteiger charge is 2.09. The molecule has 1 aromatic heterocycles. The van der Waals surface area contributed by atoms with Crippen molar-refractivity contribution in [1.82, 2.24) is 14.9 Å². The van der Waals surface area contributed by atoms with E-state index in [4.69, 9.17) is 0 Å². The smallest absolute Gasteiger partial charge is 0.275 e. The Labute approximate surface area is 149 Å². The summed E-state index contributed by atoms with van der Waals surface area (Å²) in [6.07, 6.45) is 4.10. The Kier molecular flexibility index (Phi) is 6.89. The van der Waals surface area contributed by atoms with Crippen LogP contribution >= 0.6 is 0 Å². The maximum atomic E-state index is 12.2. The molecule has 1 amide bonds. The van der Waals surface area contributed by atoms with Crippen LogP contribution in [0.4, 0.5) is 11.5 Å². The maximum Gasteiger partial charge on any atom is 0.275 e. The van der Waals surface area contributed by atoms with Crippen molar-refractivity contribution < 1.29 is 4.79 Å². The van der Waals surface area contributed by atoms with Gasteiger partial charge in [0.15, 0.2) is 0 Å². The lowest BCUT2D eigenvalue weighted by Gasteiger charge is -2.10. The van der Waals surface area contributed by atoms with Crippen LogP contribution in [0, 0.1) is 0 Å². The van der Waals surface area contributed by atoms with Gasteiger partial charge in [0.05, 0.1) is 12.4 Å². The lowest BCUT2D eigenvalue weighted by atomic mass is 10.0. The highest BCUT2D eigenvalue weighted by atomic mass is 16.1. The Hall–Kier alpha value is -2.47. The van der Waals surface area contributed by atoms with Crippen LogP contribution in [0.15, 0.2) is 36.7 Å². The van der Waals surface area contributed by atoms with E-state index in [0.717, 1.165) is 25.2 Å². The van der Waals surface area contributed by atoms with Gasteiger partial charge in [0.1, 0.15) is 11.5 Å². The zero-order chi connectivity index (χ0) is 18.2. The van der Waals surface area contributed by atoms with E-state index in [1.54, 1.807) is 6.20 Å². The molecule has 0 bridgehead atoms. The van der Waals surface area contributed by atoms with E-state index >= 15 is 0 Å². The minimum Gasteiger partial charge on any atom is -0.369 e. The zero-order valence-electron chi connectivity index (χ0n) is 15.4. The van der Waals surface area contributed by atoms with E-state index in [0.29, 0.717) is 17.4 Å². The van der Waals surface area contributed by atoms with Crippen LogP contribution < -0.4 is 10.6 Å². The first-order valence-corrected chi connectivity index (χ1v) is 8.57. The highest BCUT2D eigenvalue weighted by Crippen LogP contribution is 2.17. The van der Waals surface area contributed by atoms with Crippen molar-refractivity contribution >= 4 is 17.4 Å². The van der Waals surface area contributed by atoms with Gasteiger partial charge in [-0.2, -0.15) is 0 Å². The van der Waals surface area contributed by atoms with Gasteiger partial charge in [0, 0.05) is 12.2 Å². The minimum atomic E-state index is -0.260. The van der Waals surface area contributed by atoms with Crippen molar-refractivity contribution in [3.8, 4) is 0 Å². The standard InChI is InChI=1S/C19H27N5O/c1-14(2)15-6-8-16(9-7-15)23-19(25)17-12-22-18(13-21-17)20-10-5-11-24(3)4/h6-9,12-14H,5,10-11H2,1-4H3,(H,20,22)(H,23,25). The van der Waals surface area contributed by atoms with Crippen LogP contribution in [0.2, 0.25) is 0 Å². The van der Waals surface area contributed by atoms with Gasteiger partial charge in [-0.1, -0.05) is 26.0 Å². The van der Waals surface area contributed by atoms with Gasteiger partial charge in [0.25, 0.3) is 5.91 Å². The number of amides is 1. The first-order valence-electron chi connectivity index (χ1n) is 8.57. The van der Waals surface area contributed by atoms with E-state index < -0.39 is 0 Å². The Morgan fingerprint density at radius 3 is 2.40 bits per heavy atom. The lowest BCUT2D eigenvalue weighted by Crippen LogP contribution is -2.17. The van der Waals surface area contributed by atoms with E-state index in [-0.39, 0.29) is 5.91 Å². The number of benzene rings is 1. The summed E-state index contributed by atoms with van der Waals surface area (Å²) in [5.41, 5.74) is 2.29. The SMILES string of the molecule is CC(C)c1ccc(NC(=O)c2cnc(NCCCN(C)C)cn2)cc1. The molecule has 25 heavy (non-hydrogen) atoms. The summed E-state index contributed by atoms with van der Waals surface area (Å²) < 4.78 is 0. The Bertz CT molecular complexity index is 665. The summed E-state index contributed by atoms with van der Waals surface area (Å²) in [5, 5.41) is 6.04. The number of nitrogens with one attached hydrogen (secondary N) is 2. The molecule has 0 aliphatic carbocycles. The quantitative estimate of drug-likeness (QED) is 0.722. The predicted molar refractivity (Wildman–Crippen MR) is 102 cm³/mol. The van der Waals surface area contributed by atoms with Crippen molar-refractivity contribution in [2.45, 2.75) is 26.2 Å². The van der Waals surface area contributed by atoms with Gasteiger partial charge >= 0.3 is 0 Å². The Balaban J connectivity index is 1.87. The average molecular weight is 341 g/mol. The molecule has 1 aromatic carbocycles. The Morgan fingerprint density at radius 2 is 1.84 bits per heavy atom. The normalized spacial score (nSPS) is 11.0. The number of carbonyl (C=O) groups excluding carboxylic acids is 1. The number of hydrogen-bond donors (Lipinski definition) is 2. The van der Waals surface area contributed by atoms with Crippen LogP contribution in [0.5, 0.6) is 0 Å². The third-order valence-electron chi connectivity index (χ3n) is 3.81. The van der Waals surface area contributed by atoms with Gasteiger partial charge < -0.3 is 15.5 Å². The highest BCUT2D eigenvalue weighted by molar-refractivity contribution is 6.02. The molecule has 0 aliphatic heterocycles. The van der Waals surface area contributed by atoms with Crippen LogP contribution in [0.1, 0.15) is 42.2 Å². The molecule has 0 saturated heterocycles. The summed E-state index contributed by atoms with van der Waals surface area (Å²) in [6, 6.07) is 7.85. The van der Waals surface area contributed by atoms with Crippen molar-refractivity contribution in [2.24, 2.45) is 0 Å². The van der Waals surface area contributed by atoms with Gasteiger partial charge in [-0.15, -0.1) is 0 Å². The number of rotatable bonds is 8. The van der Waals surface area contributed by atoms with E-state index in [1.165, 1.54) is 11.8 Å². The summed E-state index contributed by atoms with van der Waals surface area (Å²) in [6.45, 7) is 6.11. The van der Waals surface area contributed by atoms with Gasteiger partial charge in [0.2, 0.25) is 0 Å². The monoisotopic (exact) mass is 341 g/mol. The van der Waals surface area contributed by atoms with E-state index in [1.807, 2.05) is 38.4 Å². The third-order valence-corrected chi connectivity index (χ3v) is 3.81. The number of carbonyl (C=O) groups is 1. The molecule has 0 spiro atoms. The van der Waals surface area contributed by atoms with E-state index in [9.17, 15) is 4.79 Å². The largest absolute Gasteiger partial charge is 0.369 e. The van der Waals surface area contributed by atoms with Crippen molar-refractivity contribution in [3.05, 3.63) is 47.9 Å². The molecule has 0 radical (unpaired) electrons. The summed E-state index contributed by atoms with van der Waals surface area (Å²) >= 11 is 0. The van der Waals surface area contributed by atoms with Gasteiger partial charge in [-0.3, -0.25) is 4.79 Å². The maximum absolute atomic E-state index is 12.2. The second-order valence-corrected chi connectivity index (χ2v) is 6.60. The molecule has 2 N–H and O–H groups in total. The molecule has 0 unspecified atom stereocenters. The molecule has 6 heteroatoms. The molecule has 0 atom stereocenters. The first kappa shape index (κ1) is 18.9. The molecule has 2 aromatic rings. The summed E-state index contributed by atoms with van der Waals surface area (Å²) in [5.74, 6) is 0.883. The number of aromatic nitrogens is 2.